The second-order valence-electron chi connectivity index (χ2n) is 3.92. The van der Waals surface area contributed by atoms with Gasteiger partial charge in [-0.05, 0) is 68.3 Å². The predicted octanol–water partition coefficient (Wildman–Crippen LogP) is 4.25. The molecule has 2 aromatic rings. The average molecular weight is 441 g/mol. The second-order valence-corrected chi connectivity index (χ2v) is 7.69. The maximum Gasteiger partial charge on any atom is 0.263 e. The van der Waals surface area contributed by atoms with Crippen LogP contribution in [0.2, 0.25) is 5.02 Å². The van der Waals surface area contributed by atoms with Crippen molar-refractivity contribution >= 4 is 64.9 Å². The Morgan fingerprint density at radius 1 is 1.05 bits per heavy atom. The first kappa shape index (κ1) is 15.6. The van der Waals surface area contributed by atoms with Crippen LogP contribution in [0, 0.1) is 0 Å². The molecule has 0 aromatic heterocycles. The minimum atomic E-state index is -3.75. The summed E-state index contributed by atoms with van der Waals surface area (Å²) in [4.78, 5) is 0.0662. The lowest BCUT2D eigenvalue weighted by atomic mass is 10.3. The predicted molar refractivity (Wildman–Crippen MR) is 88.5 cm³/mol. The van der Waals surface area contributed by atoms with Crippen molar-refractivity contribution in [3.05, 3.63) is 50.4 Å². The molecule has 8 heteroatoms. The molecule has 0 radical (unpaired) electrons. The molecule has 0 unspecified atom stereocenters. The molecule has 0 heterocycles. The van der Waals surface area contributed by atoms with Gasteiger partial charge in [-0.1, -0.05) is 11.6 Å². The summed E-state index contributed by atoms with van der Waals surface area (Å²) in [5, 5.41) is 0.414. The van der Waals surface area contributed by atoms with Crippen LogP contribution in [0.1, 0.15) is 0 Å². The van der Waals surface area contributed by atoms with Crippen molar-refractivity contribution < 1.29 is 8.42 Å². The molecular formula is C12H9Br2ClN2O2S. The zero-order valence-corrected chi connectivity index (χ0v) is 14.6. The number of nitrogen functional groups attached to an aromatic ring is 1. The zero-order valence-electron chi connectivity index (χ0n) is 9.90. The number of hydrogen-bond donors (Lipinski definition) is 2. The third-order valence-electron chi connectivity index (χ3n) is 2.42. The van der Waals surface area contributed by atoms with Gasteiger partial charge in [0.15, 0.2) is 0 Å². The highest BCUT2D eigenvalue weighted by molar-refractivity contribution is 9.10. The highest BCUT2D eigenvalue weighted by atomic mass is 79.9. The molecule has 0 saturated heterocycles. The second kappa shape index (κ2) is 5.93. The van der Waals surface area contributed by atoms with E-state index in [4.69, 9.17) is 17.3 Å². The van der Waals surface area contributed by atoms with E-state index in [1.807, 2.05) is 0 Å². The number of nitrogens with one attached hydrogen (secondary N) is 1. The fraction of sp³-hybridized carbons (Fsp3) is 0. The first-order valence-electron chi connectivity index (χ1n) is 5.32. The Labute approximate surface area is 138 Å². The van der Waals surface area contributed by atoms with Crippen LogP contribution in [0.25, 0.3) is 0 Å². The summed E-state index contributed by atoms with van der Waals surface area (Å²) >= 11 is 12.4. The van der Waals surface area contributed by atoms with Gasteiger partial charge in [0, 0.05) is 14.6 Å². The fourth-order valence-corrected chi connectivity index (χ4v) is 3.97. The van der Waals surface area contributed by atoms with Crippen molar-refractivity contribution in [3.8, 4) is 0 Å². The standard InChI is InChI=1S/C12H9Br2ClN2O2S/c13-9-4-2-8(6-11(9)15)17-20(18,19)12-5-7(16)1-3-10(12)14/h1-6,17H,16H2. The van der Waals surface area contributed by atoms with E-state index >= 15 is 0 Å². The van der Waals surface area contributed by atoms with Crippen LogP contribution >= 0.6 is 43.5 Å². The number of benzene rings is 2. The van der Waals surface area contributed by atoms with Gasteiger partial charge in [-0.3, -0.25) is 4.72 Å². The van der Waals surface area contributed by atoms with Crippen LogP contribution in [-0.2, 0) is 10.0 Å². The topological polar surface area (TPSA) is 72.2 Å². The fourth-order valence-electron chi connectivity index (χ4n) is 1.50. The van der Waals surface area contributed by atoms with E-state index in [1.54, 1.807) is 24.3 Å². The molecular weight excluding hydrogens is 431 g/mol. The number of rotatable bonds is 3. The number of anilines is 2. The Hall–Kier alpha value is -0.760. The molecule has 0 aliphatic rings. The van der Waals surface area contributed by atoms with Gasteiger partial charge in [0.25, 0.3) is 10.0 Å². The number of hydrogen-bond acceptors (Lipinski definition) is 3. The average Bonchev–Trinajstić information content (AvgIpc) is 2.36. The van der Waals surface area contributed by atoms with Crippen molar-refractivity contribution in [2.24, 2.45) is 0 Å². The molecule has 3 N–H and O–H groups in total. The van der Waals surface area contributed by atoms with Crippen molar-refractivity contribution in [2.75, 3.05) is 10.5 Å². The molecule has 4 nitrogen and oxygen atoms in total. The molecule has 0 aliphatic heterocycles. The Morgan fingerprint density at radius 2 is 1.70 bits per heavy atom. The SMILES string of the molecule is Nc1ccc(Br)c(S(=O)(=O)Nc2ccc(Br)c(Cl)c2)c1. The quantitative estimate of drug-likeness (QED) is 0.701. The molecule has 2 rings (SSSR count). The summed E-state index contributed by atoms with van der Waals surface area (Å²) in [6.07, 6.45) is 0. The molecule has 0 atom stereocenters. The normalized spacial score (nSPS) is 11.3. The monoisotopic (exact) mass is 438 g/mol. The highest BCUT2D eigenvalue weighted by Crippen LogP contribution is 2.29. The Balaban J connectivity index is 2.40. The van der Waals surface area contributed by atoms with Crippen LogP contribution < -0.4 is 10.5 Å². The molecule has 2 aromatic carbocycles. The van der Waals surface area contributed by atoms with E-state index in [1.165, 1.54) is 12.1 Å². The van der Waals surface area contributed by atoms with Gasteiger partial charge in [0.05, 0.1) is 10.7 Å². The van der Waals surface area contributed by atoms with E-state index < -0.39 is 10.0 Å². The lowest BCUT2D eigenvalue weighted by molar-refractivity contribution is 0.601. The molecule has 20 heavy (non-hydrogen) atoms. The van der Waals surface area contributed by atoms with E-state index in [0.717, 1.165) is 0 Å². The number of sulfonamides is 1. The van der Waals surface area contributed by atoms with Crippen LogP contribution in [0.15, 0.2) is 50.2 Å². The summed E-state index contributed by atoms with van der Waals surface area (Å²) in [6, 6.07) is 9.36. The summed E-state index contributed by atoms with van der Waals surface area (Å²) in [5.41, 5.74) is 6.35. The Kier molecular flexibility index (Phi) is 4.63. The van der Waals surface area contributed by atoms with Gasteiger partial charge in [0.1, 0.15) is 4.90 Å². The minimum Gasteiger partial charge on any atom is -0.399 e. The molecule has 106 valence electrons. The Bertz CT molecular complexity index is 766. The van der Waals surface area contributed by atoms with E-state index in [0.29, 0.717) is 25.3 Å². The summed E-state index contributed by atoms with van der Waals surface area (Å²) in [5.74, 6) is 0. The lowest BCUT2D eigenvalue weighted by Crippen LogP contribution is -2.14. The highest BCUT2D eigenvalue weighted by Gasteiger charge is 2.18. The molecule has 0 fully saturated rings. The van der Waals surface area contributed by atoms with Crippen molar-refractivity contribution in [1.29, 1.82) is 0 Å². The van der Waals surface area contributed by atoms with Gasteiger partial charge < -0.3 is 5.73 Å². The molecule has 0 saturated carbocycles. The smallest absolute Gasteiger partial charge is 0.263 e. The zero-order chi connectivity index (χ0) is 14.9. The van der Waals surface area contributed by atoms with Crippen LogP contribution in [0.3, 0.4) is 0 Å². The van der Waals surface area contributed by atoms with Gasteiger partial charge in [-0.2, -0.15) is 0 Å². The summed E-state index contributed by atoms with van der Waals surface area (Å²) < 4.78 is 28.2. The van der Waals surface area contributed by atoms with Crippen LogP contribution in [-0.4, -0.2) is 8.42 Å². The maximum atomic E-state index is 12.3. The number of nitrogens with two attached hydrogens (primary N) is 1. The van der Waals surface area contributed by atoms with E-state index in [9.17, 15) is 8.42 Å². The van der Waals surface area contributed by atoms with Gasteiger partial charge in [-0.25, -0.2) is 8.42 Å². The largest absolute Gasteiger partial charge is 0.399 e. The summed E-state index contributed by atoms with van der Waals surface area (Å²) in [7, 11) is -3.75. The third kappa shape index (κ3) is 3.46. The molecule has 0 spiro atoms. The van der Waals surface area contributed by atoms with Crippen molar-refractivity contribution in [3.63, 3.8) is 0 Å². The van der Waals surface area contributed by atoms with E-state index in [-0.39, 0.29) is 4.90 Å². The van der Waals surface area contributed by atoms with Crippen molar-refractivity contribution in [2.45, 2.75) is 4.90 Å². The van der Waals surface area contributed by atoms with Crippen molar-refractivity contribution in [1.82, 2.24) is 0 Å². The third-order valence-corrected chi connectivity index (χ3v) is 6.02. The van der Waals surface area contributed by atoms with Crippen LogP contribution in [0.5, 0.6) is 0 Å². The van der Waals surface area contributed by atoms with E-state index in [2.05, 4.69) is 36.6 Å². The van der Waals surface area contributed by atoms with Crippen LogP contribution in [0.4, 0.5) is 11.4 Å². The first-order chi connectivity index (χ1) is 9.29. The van der Waals surface area contributed by atoms with Gasteiger partial charge in [-0.15, -0.1) is 0 Å². The minimum absolute atomic E-state index is 0.0662. The Morgan fingerprint density at radius 3 is 2.35 bits per heavy atom. The molecule has 0 amide bonds. The first-order valence-corrected chi connectivity index (χ1v) is 8.77. The molecule has 0 aliphatic carbocycles. The molecule has 0 bridgehead atoms. The van der Waals surface area contributed by atoms with Gasteiger partial charge >= 0.3 is 0 Å². The number of halogens is 3. The summed E-state index contributed by atoms with van der Waals surface area (Å²) in [6.45, 7) is 0. The lowest BCUT2D eigenvalue weighted by Gasteiger charge is -2.11. The van der Waals surface area contributed by atoms with Gasteiger partial charge in [0.2, 0.25) is 0 Å². The maximum absolute atomic E-state index is 12.3.